The van der Waals surface area contributed by atoms with Crippen LogP contribution >= 0.6 is 0 Å². The van der Waals surface area contributed by atoms with Crippen LogP contribution in [0.5, 0.6) is 5.75 Å². The molecule has 0 spiro atoms. The zero-order valence-electron chi connectivity index (χ0n) is 17.5. The number of rotatable bonds is 7. The van der Waals surface area contributed by atoms with E-state index in [2.05, 4.69) is 11.9 Å². The third kappa shape index (κ3) is 4.53. The number of nitrogens with two attached hydrogens (primary N) is 1. The number of ether oxygens (including phenoxy) is 1. The number of unbranched alkanes of at least 4 members (excludes halogenated alkanes) is 1. The molecule has 160 valence electrons. The summed E-state index contributed by atoms with van der Waals surface area (Å²) < 4.78 is 5.45. The van der Waals surface area contributed by atoms with Gasteiger partial charge in [-0.15, -0.1) is 0 Å². The minimum atomic E-state index is -0.681. The fourth-order valence-corrected chi connectivity index (χ4v) is 3.77. The van der Waals surface area contributed by atoms with Gasteiger partial charge in [-0.25, -0.2) is 0 Å². The quantitative estimate of drug-likeness (QED) is 0.746. The second-order valence-electron chi connectivity index (χ2n) is 7.39. The number of fused-ring (bicyclic) bond motifs is 1. The van der Waals surface area contributed by atoms with Gasteiger partial charge in [0, 0.05) is 38.0 Å². The van der Waals surface area contributed by atoms with Gasteiger partial charge in [0.1, 0.15) is 11.3 Å². The zero-order valence-corrected chi connectivity index (χ0v) is 17.5. The van der Waals surface area contributed by atoms with Crippen LogP contribution in [-0.4, -0.2) is 65.8 Å². The van der Waals surface area contributed by atoms with Crippen molar-refractivity contribution in [2.75, 3.05) is 33.3 Å². The van der Waals surface area contributed by atoms with Gasteiger partial charge in [-0.05, 0) is 18.6 Å². The van der Waals surface area contributed by atoms with Crippen molar-refractivity contribution in [1.82, 2.24) is 14.8 Å². The standard InChI is InChI=1S/C22H28N4O4/c1-3-4-9-18(27)25-10-12-26(13-11-25)19(28)14-17-20(22(23)29)21(30-2)15-7-5-6-8-16(15)24-17/h5-8H,3-4,9-14H2,1-2H3,(H2,23,29). The Morgan fingerprint density at radius 1 is 1.07 bits per heavy atom. The Morgan fingerprint density at radius 3 is 2.30 bits per heavy atom. The second kappa shape index (κ2) is 9.56. The van der Waals surface area contributed by atoms with Crippen LogP contribution in [0.25, 0.3) is 10.9 Å². The fraction of sp³-hybridized carbons (Fsp3) is 0.455. The minimum absolute atomic E-state index is 0.0523. The molecule has 30 heavy (non-hydrogen) atoms. The molecule has 1 aliphatic rings. The summed E-state index contributed by atoms with van der Waals surface area (Å²) in [7, 11) is 1.47. The molecule has 0 atom stereocenters. The van der Waals surface area contributed by atoms with Crippen LogP contribution in [0.15, 0.2) is 24.3 Å². The Kier molecular flexibility index (Phi) is 6.87. The number of pyridine rings is 1. The first-order valence-corrected chi connectivity index (χ1v) is 10.3. The molecule has 2 aromatic rings. The topological polar surface area (TPSA) is 106 Å². The number of methoxy groups -OCH3 is 1. The molecule has 3 amide bonds. The molecule has 1 fully saturated rings. The van der Waals surface area contributed by atoms with Gasteiger partial charge in [0.15, 0.2) is 0 Å². The van der Waals surface area contributed by atoms with Gasteiger partial charge in [-0.1, -0.05) is 25.5 Å². The van der Waals surface area contributed by atoms with E-state index in [1.54, 1.807) is 17.0 Å². The van der Waals surface area contributed by atoms with Crippen LogP contribution < -0.4 is 10.5 Å². The Morgan fingerprint density at radius 2 is 1.70 bits per heavy atom. The molecule has 0 unspecified atom stereocenters. The molecular formula is C22H28N4O4. The summed E-state index contributed by atoms with van der Waals surface area (Å²) in [4.78, 5) is 45.3. The van der Waals surface area contributed by atoms with Gasteiger partial charge in [0.2, 0.25) is 11.8 Å². The van der Waals surface area contributed by atoms with Gasteiger partial charge in [-0.2, -0.15) is 0 Å². The summed E-state index contributed by atoms with van der Waals surface area (Å²) in [6.45, 7) is 4.03. The van der Waals surface area contributed by atoms with E-state index in [-0.39, 0.29) is 23.8 Å². The molecule has 1 aromatic carbocycles. The van der Waals surface area contributed by atoms with E-state index in [0.717, 1.165) is 12.8 Å². The highest BCUT2D eigenvalue weighted by Gasteiger charge is 2.27. The summed E-state index contributed by atoms with van der Waals surface area (Å²) in [5, 5.41) is 0.671. The smallest absolute Gasteiger partial charge is 0.254 e. The lowest BCUT2D eigenvalue weighted by Crippen LogP contribution is -2.51. The highest BCUT2D eigenvalue weighted by atomic mass is 16.5. The van der Waals surface area contributed by atoms with Gasteiger partial charge in [0.05, 0.1) is 24.7 Å². The number of primary amides is 1. The number of nitrogens with zero attached hydrogens (tertiary/aromatic N) is 3. The van der Waals surface area contributed by atoms with Crippen molar-refractivity contribution in [2.45, 2.75) is 32.6 Å². The van der Waals surface area contributed by atoms with Gasteiger partial charge in [-0.3, -0.25) is 19.4 Å². The van der Waals surface area contributed by atoms with Crippen molar-refractivity contribution in [3.63, 3.8) is 0 Å². The van der Waals surface area contributed by atoms with E-state index in [1.165, 1.54) is 7.11 Å². The number of carbonyl (C=O) groups excluding carboxylic acids is 3. The Bertz CT molecular complexity index is 952. The lowest BCUT2D eigenvalue weighted by atomic mass is 10.0. The molecule has 0 aliphatic carbocycles. The number of benzene rings is 1. The average molecular weight is 412 g/mol. The number of aromatic nitrogens is 1. The summed E-state index contributed by atoms with van der Waals surface area (Å²) in [5.41, 5.74) is 6.68. The number of carbonyl (C=O) groups is 3. The van der Waals surface area contributed by atoms with E-state index >= 15 is 0 Å². The molecule has 1 aromatic heterocycles. The number of piperazine rings is 1. The van der Waals surface area contributed by atoms with Crippen molar-refractivity contribution in [3.05, 3.63) is 35.5 Å². The maximum absolute atomic E-state index is 12.9. The van der Waals surface area contributed by atoms with Crippen molar-refractivity contribution in [1.29, 1.82) is 0 Å². The lowest BCUT2D eigenvalue weighted by molar-refractivity contribution is -0.139. The number of hydrogen-bond acceptors (Lipinski definition) is 5. The fourth-order valence-electron chi connectivity index (χ4n) is 3.77. The monoisotopic (exact) mass is 412 g/mol. The van der Waals surface area contributed by atoms with Gasteiger partial charge < -0.3 is 20.3 Å². The first-order valence-electron chi connectivity index (χ1n) is 10.3. The minimum Gasteiger partial charge on any atom is -0.495 e. The van der Waals surface area contributed by atoms with Crippen LogP contribution in [-0.2, 0) is 16.0 Å². The highest BCUT2D eigenvalue weighted by Crippen LogP contribution is 2.31. The van der Waals surface area contributed by atoms with Crippen LogP contribution in [0.1, 0.15) is 42.2 Å². The lowest BCUT2D eigenvalue weighted by Gasteiger charge is -2.35. The summed E-state index contributed by atoms with van der Waals surface area (Å²) in [6.07, 6.45) is 2.36. The van der Waals surface area contributed by atoms with Gasteiger partial charge >= 0.3 is 0 Å². The van der Waals surface area contributed by atoms with Gasteiger partial charge in [0.25, 0.3) is 5.91 Å². The third-order valence-electron chi connectivity index (χ3n) is 5.42. The molecule has 0 saturated carbocycles. The summed E-state index contributed by atoms with van der Waals surface area (Å²) in [6, 6.07) is 7.26. The van der Waals surface area contributed by atoms with Crippen LogP contribution in [0.2, 0.25) is 0 Å². The second-order valence-corrected chi connectivity index (χ2v) is 7.39. The van der Waals surface area contributed by atoms with E-state index in [4.69, 9.17) is 10.5 Å². The average Bonchev–Trinajstić information content (AvgIpc) is 2.76. The maximum Gasteiger partial charge on any atom is 0.254 e. The predicted molar refractivity (Wildman–Crippen MR) is 113 cm³/mol. The molecule has 0 radical (unpaired) electrons. The maximum atomic E-state index is 12.9. The molecule has 3 rings (SSSR count). The molecule has 2 N–H and O–H groups in total. The number of para-hydroxylation sites is 1. The third-order valence-corrected chi connectivity index (χ3v) is 5.42. The number of hydrogen-bond donors (Lipinski definition) is 1. The molecular weight excluding hydrogens is 384 g/mol. The van der Waals surface area contributed by atoms with E-state index in [0.29, 0.717) is 54.9 Å². The SMILES string of the molecule is CCCCC(=O)N1CCN(C(=O)Cc2nc3ccccc3c(OC)c2C(N)=O)CC1. The first-order chi connectivity index (χ1) is 14.5. The predicted octanol–water partition coefficient (Wildman–Crippen LogP) is 1.75. The molecule has 2 heterocycles. The highest BCUT2D eigenvalue weighted by molar-refractivity contribution is 6.03. The van der Waals surface area contributed by atoms with Crippen LogP contribution in [0.3, 0.4) is 0 Å². The van der Waals surface area contributed by atoms with E-state index in [9.17, 15) is 14.4 Å². The summed E-state index contributed by atoms with van der Waals surface area (Å²) in [5.74, 6) is -0.356. The molecule has 0 bridgehead atoms. The Balaban J connectivity index is 1.76. The molecule has 8 nitrogen and oxygen atoms in total. The Hall–Kier alpha value is -3.16. The van der Waals surface area contributed by atoms with Crippen molar-refractivity contribution in [3.8, 4) is 5.75 Å². The molecule has 8 heteroatoms. The van der Waals surface area contributed by atoms with E-state index < -0.39 is 5.91 Å². The zero-order chi connectivity index (χ0) is 21.7. The summed E-state index contributed by atoms with van der Waals surface area (Å²) >= 11 is 0. The van der Waals surface area contributed by atoms with Crippen molar-refractivity contribution >= 4 is 28.6 Å². The normalized spacial score (nSPS) is 14.1. The van der Waals surface area contributed by atoms with Crippen molar-refractivity contribution < 1.29 is 19.1 Å². The van der Waals surface area contributed by atoms with E-state index in [1.807, 2.05) is 17.0 Å². The molecule has 1 saturated heterocycles. The van der Waals surface area contributed by atoms with Crippen LogP contribution in [0, 0.1) is 0 Å². The molecule has 1 aliphatic heterocycles. The number of amides is 3. The van der Waals surface area contributed by atoms with Crippen molar-refractivity contribution in [2.24, 2.45) is 5.73 Å². The first kappa shape index (κ1) is 21.5. The largest absolute Gasteiger partial charge is 0.495 e. The Labute approximate surface area is 176 Å². The van der Waals surface area contributed by atoms with Crippen LogP contribution in [0.4, 0.5) is 0 Å².